The van der Waals surface area contributed by atoms with Gasteiger partial charge in [-0.1, -0.05) is 29.8 Å². The summed E-state index contributed by atoms with van der Waals surface area (Å²) in [6.07, 6.45) is 4.20. The lowest BCUT2D eigenvalue weighted by atomic mass is 9.86. The van der Waals surface area contributed by atoms with E-state index in [4.69, 9.17) is 16.6 Å². The van der Waals surface area contributed by atoms with E-state index in [0.717, 1.165) is 35.2 Å². The average Bonchev–Trinajstić information content (AvgIpc) is 3.06. The molecule has 0 radical (unpaired) electrons. The second-order valence-electron chi connectivity index (χ2n) is 7.84. The van der Waals surface area contributed by atoms with E-state index >= 15 is 0 Å². The third-order valence-electron chi connectivity index (χ3n) is 5.82. The summed E-state index contributed by atoms with van der Waals surface area (Å²) in [6.45, 7) is 1.86. The molecule has 4 aromatic rings. The number of aromatic carboxylic acids is 1. The first-order chi connectivity index (χ1) is 15.4. The number of carboxylic acid groups (broad SMARTS) is 1. The van der Waals surface area contributed by atoms with Gasteiger partial charge in [0.2, 0.25) is 0 Å². The van der Waals surface area contributed by atoms with Crippen LogP contribution in [0.25, 0.3) is 28.2 Å². The lowest BCUT2D eigenvalue weighted by molar-refractivity contribution is 0.0697. The highest BCUT2D eigenvalue weighted by Crippen LogP contribution is 2.37. The molecule has 160 valence electrons. The zero-order valence-electron chi connectivity index (χ0n) is 17.3. The maximum Gasteiger partial charge on any atom is 0.336 e. The lowest BCUT2D eigenvalue weighted by Crippen LogP contribution is -2.13. The number of hydrogen-bond donors (Lipinski definition) is 1. The fourth-order valence-corrected chi connectivity index (χ4v) is 4.65. The largest absolute Gasteiger partial charge is 0.478 e. The Hall–Kier alpha value is -3.51. The molecule has 0 atom stereocenters. The van der Waals surface area contributed by atoms with Gasteiger partial charge in [0, 0.05) is 10.9 Å². The van der Waals surface area contributed by atoms with Crippen LogP contribution in [0.2, 0.25) is 5.15 Å². The predicted octanol–water partition coefficient (Wildman–Crippen LogP) is 6.10. The molecule has 0 amide bonds. The fourth-order valence-electron chi connectivity index (χ4n) is 4.32. The monoisotopic (exact) mass is 447 g/mol. The van der Waals surface area contributed by atoms with Crippen molar-refractivity contribution in [1.29, 1.82) is 0 Å². The number of para-hydroxylation sites is 1. The van der Waals surface area contributed by atoms with E-state index in [1.54, 1.807) is 22.9 Å². The number of aromatic nitrogens is 3. The quantitative estimate of drug-likeness (QED) is 0.412. The average molecular weight is 448 g/mol. The lowest BCUT2D eigenvalue weighted by Gasteiger charge is -2.21. The van der Waals surface area contributed by atoms with Gasteiger partial charge in [0.15, 0.2) is 0 Å². The molecule has 5 nitrogen and oxygen atoms in total. The number of carboxylic acids is 1. The van der Waals surface area contributed by atoms with Crippen LogP contribution in [0.1, 0.15) is 45.7 Å². The second kappa shape index (κ2) is 7.88. The standard InChI is InChI=1S/C25H19ClFN3O2/c1-14-20(24(26)30(29-14)17-11-9-16(27)10-12-17)13-15-5-4-7-19-22(25(31)32)18-6-2-3-8-21(18)28-23(15)19/h2-3,6,8-13H,4-5,7H2,1H3,(H,31,32)/b15-13+. The summed E-state index contributed by atoms with van der Waals surface area (Å²) in [4.78, 5) is 17.0. The van der Waals surface area contributed by atoms with Crippen LogP contribution in [-0.4, -0.2) is 25.8 Å². The molecule has 0 bridgehead atoms. The summed E-state index contributed by atoms with van der Waals surface area (Å²) in [7, 11) is 0. The summed E-state index contributed by atoms with van der Waals surface area (Å²) in [5.74, 6) is -1.28. The zero-order chi connectivity index (χ0) is 22.4. The van der Waals surface area contributed by atoms with Crippen molar-refractivity contribution in [3.05, 3.63) is 87.6 Å². The van der Waals surface area contributed by atoms with Gasteiger partial charge in [0.05, 0.1) is 28.2 Å². The van der Waals surface area contributed by atoms with Crippen LogP contribution < -0.4 is 0 Å². The highest BCUT2D eigenvalue weighted by atomic mass is 35.5. The maximum atomic E-state index is 13.3. The molecule has 0 saturated carbocycles. The summed E-state index contributed by atoms with van der Waals surface area (Å²) in [6, 6.07) is 13.3. The van der Waals surface area contributed by atoms with E-state index in [1.165, 1.54) is 12.1 Å². The Morgan fingerprint density at radius 3 is 2.66 bits per heavy atom. The van der Waals surface area contributed by atoms with Gasteiger partial charge in [-0.25, -0.2) is 18.9 Å². The molecular weight excluding hydrogens is 429 g/mol. The first kappa shape index (κ1) is 20.4. The van der Waals surface area contributed by atoms with Crippen LogP contribution in [0.15, 0.2) is 48.5 Å². The van der Waals surface area contributed by atoms with Crippen molar-refractivity contribution in [3.8, 4) is 5.69 Å². The predicted molar refractivity (Wildman–Crippen MR) is 123 cm³/mol. The van der Waals surface area contributed by atoms with Crippen molar-refractivity contribution >= 4 is 40.1 Å². The number of aryl methyl sites for hydroxylation is 1. The first-order valence-electron chi connectivity index (χ1n) is 10.3. The molecule has 2 heterocycles. The highest BCUT2D eigenvalue weighted by Gasteiger charge is 2.25. The molecule has 0 aliphatic heterocycles. The molecule has 1 aliphatic rings. The summed E-state index contributed by atoms with van der Waals surface area (Å²) < 4.78 is 14.9. The normalized spacial score (nSPS) is 14.7. The van der Waals surface area contributed by atoms with Gasteiger partial charge in [-0.3, -0.25) is 0 Å². The van der Waals surface area contributed by atoms with E-state index in [2.05, 4.69) is 5.10 Å². The van der Waals surface area contributed by atoms with Crippen molar-refractivity contribution in [3.63, 3.8) is 0 Å². The van der Waals surface area contributed by atoms with Gasteiger partial charge in [-0.2, -0.15) is 5.10 Å². The SMILES string of the molecule is Cc1nn(-c2ccc(F)cc2)c(Cl)c1/C=C1\CCCc2c1nc1ccccc1c2C(=O)O. The van der Waals surface area contributed by atoms with Gasteiger partial charge in [-0.05, 0) is 73.7 Å². The Balaban J connectivity index is 1.68. The van der Waals surface area contributed by atoms with E-state index in [9.17, 15) is 14.3 Å². The number of pyridine rings is 1. The number of allylic oxidation sites excluding steroid dienone is 1. The van der Waals surface area contributed by atoms with Crippen molar-refractivity contribution in [2.24, 2.45) is 0 Å². The topological polar surface area (TPSA) is 68.0 Å². The van der Waals surface area contributed by atoms with Crippen molar-refractivity contribution in [1.82, 2.24) is 14.8 Å². The minimum atomic E-state index is -0.945. The molecule has 1 aliphatic carbocycles. The summed E-state index contributed by atoms with van der Waals surface area (Å²) >= 11 is 6.67. The molecule has 1 N–H and O–H groups in total. The van der Waals surface area contributed by atoms with Gasteiger partial charge in [-0.15, -0.1) is 0 Å². The third kappa shape index (κ3) is 3.37. The van der Waals surface area contributed by atoms with Gasteiger partial charge < -0.3 is 5.11 Å². The number of nitrogens with zero attached hydrogens (tertiary/aromatic N) is 3. The molecule has 5 rings (SSSR count). The van der Waals surface area contributed by atoms with E-state index in [0.29, 0.717) is 39.4 Å². The molecule has 32 heavy (non-hydrogen) atoms. The Kier molecular flexibility index (Phi) is 5.02. The molecule has 2 aromatic carbocycles. The molecular formula is C25H19ClFN3O2. The summed E-state index contributed by atoms with van der Waals surface area (Å²) in [5, 5.41) is 15.5. The minimum absolute atomic E-state index is 0.320. The number of fused-ring (bicyclic) bond motifs is 2. The number of hydrogen-bond acceptors (Lipinski definition) is 3. The van der Waals surface area contributed by atoms with E-state index in [1.807, 2.05) is 31.2 Å². The van der Waals surface area contributed by atoms with Gasteiger partial charge in [0.1, 0.15) is 11.0 Å². The first-order valence-corrected chi connectivity index (χ1v) is 10.7. The Morgan fingerprint density at radius 1 is 1.16 bits per heavy atom. The van der Waals surface area contributed by atoms with Crippen molar-refractivity contribution < 1.29 is 14.3 Å². The number of halogens is 2. The van der Waals surface area contributed by atoms with Crippen LogP contribution in [0, 0.1) is 12.7 Å². The van der Waals surface area contributed by atoms with Crippen LogP contribution in [0.3, 0.4) is 0 Å². The Bertz CT molecular complexity index is 1410. The molecule has 0 spiro atoms. The van der Waals surface area contributed by atoms with Crippen LogP contribution in [-0.2, 0) is 6.42 Å². The van der Waals surface area contributed by atoms with E-state index in [-0.39, 0.29) is 5.82 Å². The second-order valence-corrected chi connectivity index (χ2v) is 8.20. The Morgan fingerprint density at radius 2 is 1.91 bits per heavy atom. The Labute approximate surface area is 188 Å². The van der Waals surface area contributed by atoms with Crippen LogP contribution in [0.5, 0.6) is 0 Å². The van der Waals surface area contributed by atoms with Crippen molar-refractivity contribution in [2.75, 3.05) is 0 Å². The van der Waals surface area contributed by atoms with Crippen LogP contribution >= 0.6 is 11.6 Å². The minimum Gasteiger partial charge on any atom is -0.478 e. The smallest absolute Gasteiger partial charge is 0.336 e. The molecule has 0 fully saturated rings. The zero-order valence-corrected chi connectivity index (χ0v) is 18.0. The number of carbonyl (C=O) groups is 1. The fraction of sp³-hybridized carbons (Fsp3) is 0.160. The number of rotatable bonds is 3. The summed E-state index contributed by atoms with van der Waals surface area (Å²) in [5.41, 5.74) is 5.49. The van der Waals surface area contributed by atoms with Crippen molar-refractivity contribution in [2.45, 2.75) is 26.2 Å². The number of benzene rings is 2. The maximum absolute atomic E-state index is 13.3. The highest BCUT2D eigenvalue weighted by molar-refractivity contribution is 6.31. The van der Waals surface area contributed by atoms with E-state index < -0.39 is 5.97 Å². The van der Waals surface area contributed by atoms with Gasteiger partial charge >= 0.3 is 5.97 Å². The molecule has 2 aromatic heterocycles. The molecule has 0 unspecified atom stereocenters. The van der Waals surface area contributed by atoms with Crippen LogP contribution in [0.4, 0.5) is 4.39 Å². The molecule has 7 heteroatoms. The van der Waals surface area contributed by atoms with Gasteiger partial charge in [0.25, 0.3) is 0 Å². The molecule has 0 saturated heterocycles. The third-order valence-corrected chi connectivity index (χ3v) is 6.19.